The number of carboxylic acids is 1. The molecule has 119 valence electrons. The second-order valence-corrected chi connectivity index (χ2v) is 5.07. The lowest BCUT2D eigenvalue weighted by molar-refractivity contribution is -0.150. The summed E-state index contributed by atoms with van der Waals surface area (Å²) in [6, 6.07) is 3.34. The molecule has 1 radical (unpaired) electrons. The smallest absolute Gasteiger partial charge is 0.352 e. The van der Waals surface area contributed by atoms with Gasteiger partial charge < -0.3 is 25.9 Å². The van der Waals surface area contributed by atoms with E-state index in [1.54, 1.807) is 0 Å². The second-order valence-electron chi connectivity index (χ2n) is 4.18. The number of benzene rings is 1. The average Bonchev–Trinajstić information content (AvgIpc) is 2.93. The largest absolute Gasteiger partial charge is 0.504 e. The molecule has 5 N–H and O–H groups in total. The van der Waals surface area contributed by atoms with Gasteiger partial charge in [-0.1, -0.05) is 11.2 Å². The molecule has 0 spiro atoms. The zero-order chi connectivity index (χ0) is 17.0. The summed E-state index contributed by atoms with van der Waals surface area (Å²) in [5.74, 6) is -2.35. The van der Waals surface area contributed by atoms with Crippen molar-refractivity contribution in [3.8, 4) is 11.5 Å². The van der Waals surface area contributed by atoms with Crippen LogP contribution in [-0.4, -0.2) is 38.3 Å². The molecule has 23 heavy (non-hydrogen) atoms. The first-order chi connectivity index (χ1) is 10.9. The van der Waals surface area contributed by atoms with Gasteiger partial charge in [0.25, 0.3) is 6.29 Å². The maximum atomic E-state index is 11.3. The number of hydrogen-bond acceptors (Lipinski definition) is 9. The molecule has 1 aromatic heterocycles. The third-order valence-corrected chi connectivity index (χ3v) is 3.31. The van der Waals surface area contributed by atoms with Crippen molar-refractivity contribution in [3.63, 3.8) is 0 Å². The van der Waals surface area contributed by atoms with Gasteiger partial charge in [0.05, 0.1) is 0 Å². The molecule has 10 heteroatoms. The van der Waals surface area contributed by atoms with Crippen LogP contribution in [0.3, 0.4) is 0 Å². The van der Waals surface area contributed by atoms with E-state index >= 15 is 0 Å². The van der Waals surface area contributed by atoms with Crippen LogP contribution in [0.2, 0.25) is 0 Å². The quantitative estimate of drug-likeness (QED) is 0.343. The molecule has 9 nitrogen and oxygen atoms in total. The first-order valence-electron chi connectivity index (χ1n) is 6.00. The molecule has 2 aromatic rings. The number of thiazole rings is 1. The number of nitrogens with two attached hydrogens (primary N) is 1. The Morgan fingerprint density at radius 3 is 2.65 bits per heavy atom. The Hall–Kier alpha value is -3.14. The molecule has 1 atom stereocenters. The highest BCUT2D eigenvalue weighted by atomic mass is 32.1. The molecule has 1 aromatic carbocycles. The number of aromatic nitrogens is 1. The number of rotatable bonds is 6. The van der Waals surface area contributed by atoms with Crippen molar-refractivity contribution in [2.45, 2.75) is 6.10 Å². The van der Waals surface area contributed by atoms with Crippen LogP contribution >= 0.6 is 11.3 Å². The van der Waals surface area contributed by atoms with Gasteiger partial charge in [0.15, 0.2) is 22.3 Å². The van der Waals surface area contributed by atoms with E-state index in [1.807, 2.05) is 0 Å². The van der Waals surface area contributed by atoms with Crippen LogP contribution in [0.25, 0.3) is 0 Å². The van der Waals surface area contributed by atoms with Crippen LogP contribution in [0, 0.1) is 0 Å². The first-order valence-corrected chi connectivity index (χ1v) is 6.88. The third kappa shape index (κ3) is 3.74. The van der Waals surface area contributed by atoms with Gasteiger partial charge in [-0.05, 0) is 12.1 Å². The number of phenols is 2. The minimum atomic E-state index is -1.61. The Morgan fingerprint density at radius 1 is 1.39 bits per heavy atom. The summed E-state index contributed by atoms with van der Waals surface area (Å²) >= 11 is 1.06. The molecule has 2 rings (SSSR count). The van der Waals surface area contributed by atoms with Gasteiger partial charge in [0, 0.05) is 10.9 Å². The highest BCUT2D eigenvalue weighted by Crippen LogP contribution is 2.29. The first kappa shape index (κ1) is 16.2. The average molecular weight is 336 g/mol. The molecule has 0 amide bonds. The van der Waals surface area contributed by atoms with Crippen LogP contribution in [0.5, 0.6) is 11.5 Å². The molecule has 0 fully saturated rings. The van der Waals surface area contributed by atoms with Crippen LogP contribution in [-0.2, 0) is 14.4 Å². The SMILES string of the molecule is Nc1nc(/C([C]=O)=N\OC(C(=O)O)c2ccc(O)c(O)c2)cs1. The van der Waals surface area contributed by atoms with Gasteiger partial charge in [-0.25, -0.2) is 9.78 Å². The summed E-state index contributed by atoms with van der Waals surface area (Å²) in [6.07, 6.45) is -0.131. The van der Waals surface area contributed by atoms with Crippen molar-refractivity contribution >= 4 is 34.4 Å². The van der Waals surface area contributed by atoms with Crippen molar-refractivity contribution in [3.05, 3.63) is 34.8 Å². The summed E-state index contributed by atoms with van der Waals surface area (Å²) in [4.78, 5) is 30.8. The van der Waals surface area contributed by atoms with E-state index < -0.39 is 23.6 Å². The van der Waals surface area contributed by atoms with Gasteiger partial charge in [-0.2, -0.15) is 0 Å². The Morgan fingerprint density at radius 2 is 2.13 bits per heavy atom. The van der Waals surface area contributed by atoms with Crippen LogP contribution in [0.1, 0.15) is 17.4 Å². The molecule has 0 bridgehead atoms. The lowest BCUT2D eigenvalue weighted by atomic mass is 10.1. The number of hydrogen-bond donors (Lipinski definition) is 4. The highest BCUT2D eigenvalue weighted by Gasteiger charge is 2.24. The third-order valence-electron chi connectivity index (χ3n) is 2.64. The van der Waals surface area contributed by atoms with Gasteiger partial charge in [0.2, 0.25) is 6.10 Å². The summed E-state index contributed by atoms with van der Waals surface area (Å²) in [5, 5.41) is 32.9. The summed E-state index contributed by atoms with van der Waals surface area (Å²) in [6.45, 7) is 0. The van der Waals surface area contributed by atoms with Gasteiger partial charge in [0.1, 0.15) is 5.69 Å². The number of carbonyl (C=O) groups is 1. The Labute approximate surface area is 133 Å². The van der Waals surface area contributed by atoms with E-state index in [0.717, 1.165) is 23.5 Å². The molecule has 0 aliphatic rings. The van der Waals surface area contributed by atoms with E-state index in [1.165, 1.54) is 17.7 Å². The van der Waals surface area contributed by atoms with Gasteiger partial charge >= 0.3 is 5.97 Å². The molecular formula is C13H10N3O6S. The number of carboxylic acid groups (broad SMARTS) is 1. The maximum absolute atomic E-state index is 11.3. The van der Waals surface area contributed by atoms with E-state index in [4.69, 9.17) is 10.6 Å². The number of oxime groups is 1. The highest BCUT2D eigenvalue weighted by molar-refractivity contribution is 7.13. The summed E-state index contributed by atoms with van der Waals surface area (Å²) in [5.41, 5.74) is 5.19. The molecule has 0 aliphatic heterocycles. The monoisotopic (exact) mass is 336 g/mol. The molecule has 0 aliphatic carbocycles. The fourth-order valence-corrected chi connectivity index (χ4v) is 2.12. The number of nitrogen functional groups attached to an aromatic ring is 1. The molecular weight excluding hydrogens is 326 g/mol. The minimum absolute atomic E-state index is 0.0135. The fraction of sp³-hybridized carbons (Fsp3) is 0.0769. The van der Waals surface area contributed by atoms with Crippen LogP contribution in [0.15, 0.2) is 28.7 Å². The number of nitrogens with zero attached hydrogens (tertiary/aromatic N) is 2. The lowest BCUT2D eigenvalue weighted by Crippen LogP contribution is -2.15. The number of phenolic OH excluding ortho intramolecular Hbond substituents is 2. The lowest BCUT2D eigenvalue weighted by Gasteiger charge is -2.11. The fourth-order valence-electron chi connectivity index (χ4n) is 1.57. The van der Waals surface area contributed by atoms with Crippen LogP contribution in [0.4, 0.5) is 5.13 Å². The maximum Gasteiger partial charge on any atom is 0.352 e. The van der Waals surface area contributed by atoms with Gasteiger partial charge in [-0.3, -0.25) is 4.79 Å². The molecule has 1 heterocycles. The summed E-state index contributed by atoms with van der Waals surface area (Å²) in [7, 11) is 0. The predicted molar refractivity (Wildman–Crippen MR) is 80.0 cm³/mol. The van der Waals surface area contributed by atoms with E-state index in [2.05, 4.69) is 10.1 Å². The molecule has 0 saturated heterocycles. The van der Waals surface area contributed by atoms with E-state index in [-0.39, 0.29) is 22.1 Å². The zero-order valence-corrected chi connectivity index (χ0v) is 12.1. The minimum Gasteiger partial charge on any atom is -0.504 e. The second kappa shape index (κ2) is 6.75. The summed E-state index contributed by atoms with van der Waals surface area (Å²) < 4.78 is 0. The standard InChI is InChI=1S/C13H10N3O6S/c14-13-15-8(5-23-13)7(4-17)16-22-11(12(20)21)6-1-2-9(18)10(19)3-6/h1-3,5,11,18-19H,(H2,14,15)(H,20,21)/b16-7-. The Balaban J connectivity index is 2.28. The Bertz CT molecular complexity index is 773. The van der Waals surface area contributed by atoms with Crippen molar-refractivity contribution in [2.24, 2.45) is 5.16 Å². The topological polar surface area (TPSA) is 155 Å². The molecule has 1 unspecified atom stereocenters. The van der Waals surface area contributed by atoms with Crippen molar-refractivity contribution in [1.29, 1.82) is 0 Å². The Kier molecular flexibility index (Phi) is 4.76. The van der Waals surface area contributed by atoms with Crippen molar-refractivity contribution in [2.75, 3.05) is 5.73 Å². The molecule has 0 saturated carbocycles. The number of aromatic hydroxyl groups is 2. The van der Waals surface area contributed by atoms with Crippen LogP contribution < -0.4 is 5.73 Å². The number of aliphatic carboxylic acids is 1. The zero-order valence-electron chi connectivity index (χ0n) is 11.3. The van der Waals surface area contributed by atoms with Crippen molar-refractivity contribution in [1.82, 2.24) is 4.98 Å². The van der Waals surface area contributed by atoms with Crippen molar-refractivity contribution < 1.29 is 29.7 Å². The van der Waals surface area contributed by atoms with E-state index in [0.29, 0.717) is 0 Å². The normalized spacial score (nSPS) is 12.6. The van der Waals surface area contributed by atoms with E-state index in [9.17, 15) is 24.9 Å². The van der Waals surface area contributed by atoms with Gasteiger partial charge in [-0.15, -0.1) is 11.3 Å². The number of carbonyl (C=O) groups excluding carboxylic acids is 1. The number of anilines is 1. The predicted octanol–water partition coefficient (Wildman–Crippen LogP) is 0.793.